The van der Waals surface area contributed by atoms with Gasteiger partial charge in [0, 0.05) is 6.20 Å². The molecule has 0 bridgehead atoms. The lowest BCUT2D eigenvalue weighted by atomic mass is 10.2. The number of nitrogens with one attached hydrogen (secondary N) is 1. The van der Waals surface area contributed by atoms with E-state index in [0.29, 0.717) is 10.7 Å². The first-order valence-corrected chi connectivity index (χ1v) is 4.56. The van der Waals surface area contributed by atoms with Crippen molar-refractivity contribution >= 4 is 17.3 Å². The number of nitriles is 3. The van der Waals surface area contributed by atoms with E-state index in [-0.39, 0.29) is 11.1 Å². The zero-order chi connectivity index (χ0) is 12.0. The average molecular weight is 229 g/mol. The summed E-state index contributed by atoms with van der Waals surface area (Å²) in [6.45, 7) is 0. The van der Waals surface area contributed by atoms with Crippen LogP contribution in [-0.4, -0.2) is 0 Å². The number of hydrogen-bond donors (Lipinski definition) is 1. The molecule has 0 saturated heterocycles. The van der Waals surface area contributed by atoms with Gasteiger partial charge in [-0.2, -0.15) is 15.8 Å². The molecule has 0 aliphatic rings. The fraction of sp³-hybridized carbons (Fsp3) is 0. The Morgan fingerprint density at radius 1 is 1.25 bits per heavy atom. The number of allylic oxidation sites excluding steroid dienone is 1. The average Bonchev–Trinajstić information content (AvgIpc) is 2.30. The van der Waals surface area contributed by atoms with Crippen LogP contribution >= 0.6 is 11.6 Å². The van der Waals surface area contributed by atoms with E-state index in [1.807, 2.05) is 6.07 Å². The lowest BCUT2D eigenvalue weighted by molar-refractivity contribution is 1.43. The number of benzene rings is 1. The molecular formula is C11H5ClN4. The highest BCUT2D eigenvalue weighted by molar-refractivity contribution is 6.32. The third-order valence-corrected chi connectivity index (χ3v) is 2.05. The topological polar surface area (TPSA) is 83.4 Å². The molecule has 0 atom stereocenters. The van der Waals surface area contributed by atoms with Crippen molar-refractivity contribution in [2.45, 2.75) is 0 Å². The molecule has 4 nitrogen and oxygen atoms in total. The van der Waals surface area contributed by atoms with Crippen LogP contribution in [0.1, 0.15) is 5.56 Å². The largest absolute Gasteiger partial charge is 0.359 e. The Bertz CT molecular complexity index is 539. The Labute approximate surface area is 97.6 Å². The summed E-state index contributed by atoms with van der Waals surface area (Å²) in [5, 5.41) is 28.9. The SMILES string of the molecule is N#CC(C#N)=CNc1cccc(Cl)c1C#N. The van der Waals surface area contributed by atoms with E-state index < -0.39 is 0 Å². The van der Waals surface area contributed by atoms with Gasteiger partial charge in [0.05, 0.1) is 16.3 Å². The van der Waals surface area contributed by atoms with Crippen LogP contribution in [0.15, 0.2) is 30.0 Å². The smallest absolute Gasteiger partial charge is 0.145 e. The Hall–Kier alpha value is -2.48. The first-order chi connectivity index (χ1) is 7.72. The molecule has 0 fully saturated rings. The fourth-order valence-electron chi connectivity index (χ4n) is 0.998. The molecule has 1 rings (SSSR count). The molecule has 16 heavy (non-hydrogen) atoms. The van der Waals surface area contributed by atoms with Crippen molar-refractivity contribution in [3.05, 3.63) is 40.6 Å². The molecule has 0 heterocycles. The van der Waals surface area contributed by atoms with Crippen LogP contribution < -0.4 is 5.32 Å². The van der Waals surface area contributed by atoms with E-state index in [0.717, 1.165) is 0 Å². The van der Waals surface area contributed by atoms with Crippen molar-refractivity contribution in [1.82, 2.24) is 0 Å². The number of halogens is 1. The summed E-state index contributed by atoms with van der Waals surface area (Å²) in [6, 6.07) is 10.2. The summed E-state index contributed by atoms with van der Waals surface area (Å²) in [7, 11) is 0. The van der Waals surface area contributed by atoms with Crippen LogP contribution in [0, 0.1) is 34.0 Å². The summed E-state index contributed by atoms with van der Waals surface area (Å²) in [6.07, 6.45) is 1.23. The lowest BCUT2D eigenvalue weighted by Crippen LogP contribution is -1.93. The quantitative estimate of drug-likeness (QED) is 0.789. The van der Waals surface area contributed by atoms with Gasteiger partial charge >= 0.3 is 0 Å². The fourth-order valence-corrected chi connectivity index (χ4v) is 1.21. The summed E-state index contributed by atoms with van der Waals surface area (Å²) >= 11 is 5.80. The molecule has 0 saturated carbocycles. The minimum Gasteiger partial charge on any atom is -0.359 e. The number of rotatable bonds is 2. The van der Waals surface area contributed by atoms with Gasteiger partial charge in [-0.25, -0.2) is 0 Å². The van der Waals surface area contributed by atoms with Gasteiger partial charge in [-0.3, -0.25) is 0 Å². The number of hydrogen-bond acceptors (Lipinski definition) is 4. The minimum atomic E-state index is -0.0798. The van der Waals surface area contributed by atoms with E-state index in [1.165, 1.54) is 6.20 Å². The molecule has 0 aromatic heterocycles. The molecule has 1 aromatic rings. The van der Waals surface area contributed by atoms with Crippen molar-refractivity contribution in [2.24, 2.45) is 0 Å². The van der Waals surface area contributed by atoms with Gasteiger partial charge < -0.3 is 5.32 Å². The molecule has 0 unspecified atom stereocenters. The van der Waals surface area contributed by atoms with Gasteiger partial charge in [0.25, 0.3) is 0 Å². The molecule has 5 heteroatoms. The molecule has 0 spiro atoms. The van der Waals surface area contributed by atoms with E-state index in [2.05, 4.69) is 5.32 Å². The van der Waals surface area contributed by atoms with Crippen molar-refractivity contribution < 1.29 is 0 Å². The second kappa shape index (κ2) is 5.41. The van der Waals surface area contributed by atoms with Gasteiger partial charge in [0.15, 0.2) is 0 Å². The molecule has 0 amide bonds. The van der Waals surface area contributed by atoms with Crippen molar-refractivity contribution in [2.75, 3.05) is 5.32 Å². The Morgan fingerprint density at radius 3 is 2.50 bits per heavy atom. The first kappa shape index (κ1) is 11.6. The van der Waals surface area contributed by atoms with E-state index in [1.54, 1.807) is 30.3 Å². The molecule has 1 aromatic carbocycles. The van der Waals surface area contributed by atoms with Gasteiger partial charge in [-0.1, -0.05) is 17.7 Å². The van der Waals surface area contributed by atoms with E-state index in [9.17, 15) is 0 Å². The van der Waals surface area contributed by atoms with Crippen LogP contribution in [-0.2, 0) is 0 Å². The van der Waals surface area contributed by atoms with Crippen molar-refractivity contribution in [1.29, 1.82) is 15.8 Å². The van der Waals surface area contributed by atoms with E-state index in [4.69, 9.17) is 27.4 Å². The second-order valence-electron chi connectivity index (χ2n) is 2.70. The van der Waals surface area contributed by atoms with Gasteiger partial charge in [0.1, 0.15) is 23.8 Å². The maximum atomic E-state index is 8.85. The van der Waals surface area contributed by atoms with E-state index >= 15 is 0 Å². The van der Waals surface area contributed by atoms with Crippen LogP contribution in [0.25, 0.3) is 0 Å². The van der Waals surface area contributed by atoms with Crippen molar-refractivity contribution in [3.63, 3.8) is 0 Å². The Balaban J connectivity index is 3.06. The maximum absolute atomic E-state index is 8.85. The first-order valence-electron chi connectivity index (χ1n) is 4.18. The molecule has 0 aliphatic heterocycles. The zero-order valence-electron chi connectivity index (χ0n) is 8.03. The molecule has 0 radical (unpaired) electrons. The van der Waals surface area contributed by atoms with Gasteiger partial charge in [-0.15, -0.1) is 0 Å². The van der Waals surface area contributed by atoms with Crippen LogP contribution in [0.5, 0.6) is 0 Å². The second-order valence-corrected chi connectivity index (χ2v) is 3.11. The standard InChI is InChI=1S/C11H5ClN4/c12-10-2-1-3-11(9(10)6-15)16-7-8(4-13)5-14/h1-3,7,16H. The predicted molar refractivity (Wildman–Crippen MR) is 59.1 cm³/mol. The Morgan fingerprint density at radius 2 is 1.94 bits per heavy atom. The molecular weight excluding hydrogens is 224 g/mol. The summed E-state index contributed by atoms with van der Waals surface area (Å²) in [5.41, 5.74) is 0.650. The number of nitrogens with zero attached hydrogens (tertiary/aromatic N) is 3. The predicted octanol–water partition coefficient (Wildman–Crippen LogP) is 2.55. The highest BCUT2D eigenvalue weighted by Crippen LogP contribution is 2.23. The highest BCUT2D eigenvalue weighted by atomic mass is 35.5. The third kappa shape index (κ3) is 2.51. The summed E-state index contributed by atoms with van der Waals surface area (Å²) < 4.78 is 0. The zero-order valence-corrected chi connectivity index (χ0v) is 8.78. The van der Waals surface area contributed by atoms with Gasteiger partial charge in [0.2, 0.25) is 0 Å². The monoisotopic (exact) mass is 228 g/mol. The summed E-state index contributed by atoms with van der Waals surface area (Å²) in [5.74, 6) is 0. The molecule has 1 N–H and O–H groups in total. The molecule has 0 aliphatic carbocycles. The molecule has 76 valence electrons. The van der Waals surface area contributed by atoms with Crippen molar-refractivity contribution in [3.8, 4) is 18.2 Å². The van der Waals surface area contributed by atoms with Gasteiger partial charge in [-0.05, 0) is 12.1 Å². The van der Waals surface area contributed by atoms with Crippen LogP contribution in [0.3, 0.4) is 0 Å². The Kier molecular flexibility index (Phi) is 3.92. The third-order valence-electron chi connectivity index (χ3n) is 1.74. The normalized spacial score (nSPS) is 8.12. The minimum absolute atomic E-state index is 0.0798. The van der Waals surface area contributed by atoms with Crippen LogP contribution in [0.2, 0.25) is 5.02 Å². The number of anilines is 1. The summed E-state index contributed by atoms with van der Waals surface area (Å²) in [4.78, 5) is 0. The lowest BCUT2D eigenvalue weighted by Gasteiger charge is -2.04. The highest BCUT2D eigenvalue weighted by Gasteiger charge is 2.04. The maximum Gasteiger partial charge on any atom is 0.145 e. The van der Waals surface area contributed by atoms with Crippen LogP contribution in [0.4, 0.5) is 5.69 Å².